The van der Waals surface area contributed by atoms with Crippen LogP contribution < -0.4 is 48.7 Å². The van der Waals surface area contributed by atoms with Gasteiger partial charge in [0.25, 0.3) is 17.7 Å². The van der Waals surface area contributed by atoms with Crippen LogP contribution in [0.15, 0.2) is 36.0 Å². The van der Waals surface area contributed by atoms with E-state index in [2.05, 4.69) is 31.9 Å². The molecule has 0 aromatic heterocycles. The Hall–Kier alpha value is -7.19. The summed E-state index contributed by atoms with van der Waals surface area (Å²) in [5.41, 5.74) is 10.2. The van der Waals surface area contributed by atoms with Gasteiger partial charge >= 0.3 is 6.03 Å². The summed E-state index contributed by atoms with van der Waals surface area (Å²) in [7, 11) is 2.28. The normalized spacial score (nSPS) is 26.7. The van der Waals surface area contributed by atoms with Gasteiger partial charge in [-0.05, 0) is 56.6 Å². The van der Waals surface area contributed by atoms with Gasteiger partial charge in [0.1, 0.15) is 41.7 Å². The van der Waals surface area contributed by atoms with Gasteiger partial charge in [0.15, 0.2) is 12.2 Å². The smallest absolute Gasteiger partial charge is 0.318 e. The first-order chi connectivity index (χ1) is 33.3. The van der Waals surface area contributed by atoms with Crippen molar-refractivity contribution in [3.63, 3.8) is 0 Å². The number of carbonyl (C=O) groups is 11. The number of phenolic OH excluding ortho intramolecular Hbond substituents is 1. The Kier molecular flexibility index (Phi) is 21.9. The summed E-state index contributed by atoms with van der Waals surface area (Å²) >= 11 is 0. The standard InChI is InChI=1S/C45H67N11O15/c1-8-21(3)14-15-26-35(60)41(66)48-25(9-2)43(68)55(6)20-32(59)52-34(36(61)42(67)54-45(47)70)40(65)53-33(23(5)71-7)44(69)56-19-22(4)16-29(56)39(64)51-27(17-24-12-10-11-13-30(24)57)37(62)50-28(18-31(46)58)38(63)49-26/h9-13,21-23,26-29,33-36,57,60-61H,8,14-20H2,1-7H3,(H2,46,58)(H,48,66)(H,49,63)(H,50,62)(H,51,64)(H,52,59)(H,53,65)(H3,47,54,67,70)/b25-9-/t21-,22-,23+,26+,27-,28?,29-,33-,34?,35+,36-/m0/s1. The fraction of sp³-hybridized carbons (Fsp3) is 0.578. The summed E-state index contributed by atoms with van der Waals surface area (Å²) in [5.74, 6) is -12.1. The molecule has 2 heterocycles. The first-order valence-corrected chi connectivity index (χ1v) is 22.9. The number of hydrogen-bond donors (Lipinski definition) is 12. The van der Waals surface area contributed by atoms with Crippen molar-refractivity contribution in [1.29, 1.82) is 0 Å². The molecule has 392 valence electrons. The molecule has 11 atom stereocenters. The van der Waals surface area contributed by atoms with E-state index in [4.69, 9.17) is 16.2 Å². The van der Waals surface area contributed by atoms with Crippen molar-refractivity contribution in [2.24, 2.45) is 23.3 Å². The van der Waals surface area contributed by atoms with Crippen molar-refractivity contribution in [1.82, 2.24) is 47.0 Å². The number of urea groups is 1. The Balaban J connectivity index is 2.25. The highest BCUT2D eigenvalue weighted by molar-refractivity contribution is 6.03. The molecule has 2 aliphatic heterocycles. The largest absolute Gasteiger partial charge is 0.508 e. The molecule has 26 nitrogen and oxygen atoms in total. The molecule has 0 saturated carbocycles. The zero-order valence-corrected chi connectivity index (χ0v) is 40.7. The Labute approximate surface area is 409 Å². The molecular formula is C45H67N11O15. The Morgan fingerprint density at radius 1 is 0.901 bits per heavy atom. The summed E-state index contributed by atoms with van der Waals surface area (Å²) in [6.07, 6.45) is -5.04. The van der Waals surface area contributed by atoms with Crippen molar-refractivity contribution in [3.8, 4) is 5.75 Å². The summed E-state index contributed by atoms with van der Waals surface area (Å²) in [6.45, 7) is 7.13. The number of nitrogens with two attached hydrogens (primary N) is 2. The maximum Gasteiger partial charge on any atom is 0.318 e. The minimum Gasteiger partial charge on any atom is -0.508 e. The van der Waals surface area contributed by atoms with Gasteiger partial charge in [0.2, 0.25) is 41.4 Å². The second-order valence-corrected chi connectivity index (χ2v) is 17.7. The number of benzene rings is 1. The second kappa shape index (κ2) is 26.7. The maximum atomic E-state index is 14.6. The zero-order valence-electron chi connectivity index (χ0n) is 40.7. The number of amides is 12. The maximum absolute atomic E-state index is 14.6. The zero-order chi connectivity index (χ0) is 53.4. The highest BCUT2D eigenvalue weighted by Crippen LogP contribution is 2.26. The van der Waals surface area contributed by atoms with E-state index in [0.717, 1.165) is 22.9 Å². The third-order valence-corrected chi connectivity index (χ3v) is 12.2. The van der Waals surface area contributed by atoms with E-state index in [1.165, 1.54) is 45.2 Å². The average molecular weight is 1000 g/mol. The quantitative estimate of drug-likeness (QED) is 0.0883. The number of nitrogens with one attached hydrogen (secondary N) is 7. The molecule has 14 N–H and O–H groups in total. The predicted molar refractivity (Wildman–Crippen MR) is 249 cm³/mol. The number of likely N-dealkylation sites (N-methyl/N-ethyl adjacent to an activating group) is 1. The number of aliphatic hydroxyl groups is 2. The molecule has 0 spiro atoms. The number of aliphatic hydroxyl groups excluding tert-OH is 2. The number of methoxy groups -OCH3 is 1. The van der Waals surface area contributed by atoms with Crippen LogP contribution in [0, 0.1) is 11.8 Å². The monoisotopic (exact) mass is 1000 g/mol. The fourth-order valence-electron chi connectivity index (χ4n) is 7.78. The summed E-state index contributed by atoms with van der Waals surface area (Å²) < 4.78 is 5.40. The predicted octanol–water partition coefficient (Wildman–Crippen LogP) is -4.26. The number of aromatic hydroxyl groups is 1. The number of allylic oxidation sites excluding steroid dienone is 1. The molecule has 71 heavy (non-hydrogen) atoms. The van der Waals surface area contributed by atoms with Gasteiger partial charge in [-0.1, -0.05) is 51.5 Å². The number of nitrogens with zero attached hydrogens (tertiary/aromatic N) is 2. The van der Waals surface area contributed by atoms with Crippen LogP contribution in [0.3, 0.4) is 0 Å². The lowest BCUT2D eigenvalue weighted by atomic mass is 9.95. The van der Waals surface area contributed by atoms with E-state index in [1.54, 1.807) is 12.2 Å². The molecule has 0 bridgehead atoms. The van der Waals surface area contributed by atoms with Crippen LogP contribution in [0.1, 0.15) is 72.3 Å². The van der Waals surface area contributed by atoms with Crippen LogP contribution >= 0.6 is 0 Å². The minimum absolute atomic E-state index is 0.00294. The number of hydrogen-bond acceptors (Lipinski definition) is 15. The molecule has 0 radical (unpaired) electrons. The van der Waals surface area contributed by atoms with Crippen LogP contribution in [0.25, 0.3) is 0 Å². The summed E-state index contributed by atoms with van der Waals surface area (Å²) in [6, 6.07) is -5.87. The van der Waals surface area contributed by atoms with Crippen LogP contribution in [-0.4, -0.2) is 172 Å². The van der Waals surface area contributed by atoms with Crippen molar-refractivity contribution in [2.45, 2.75) is 128 Å². The van der Waals surface area contributed by atoms with E-state index >= 15 is 0 Å². The number of para-hydroxylation sites is 1. The van der Waals surface area contributed by atoms with Gasteiger partial charge in [-0.15, -0.1) is 0 Å². The average Bonchev–Trinajstić information content (AvgIpc) is 3.72. The minimum atomic E-state index is -2.57. The number of primary amides is 2. The van der Waals surface area contributed by atoms with Gasteiger partial charge in [0.05, 0.1) is 25.1 Å². The lowest BCUT2D eigenvalue weighted by Gasteiger charge is -2.33. The summed E-state index contributed by atoms with van der Waals surface area (Å²) in [5, 5.41) is 49.0. The van der Waals surface area contributed by atoms with Crippen molar-refractivity contribution in [2.75, 3.05) is 27.2 Å². The van der Waals surface area contributed by atoms with Crippen LogP contribution in [0.5, 0.6) is 5.75 Å². The van der Waals surface area contributed by atoms with Gasteiger partial charge < -0.3 is 73.2 Å². The molecule has 2 unspecified atom stereocenters. The Morgan fingerprint density at radius 3 is 2.13 bits per heavy atom. The SMILES string of the molecule is C/C=C1\NC(=O)[C@H](O)[C@@H](CC[C@@H](C)CC)NC(=O)C(CC(N)=O)NC(=O)[C@H](Cc2ccccc2O)NC(=O)[C@@H]2C[C@H](C)CN2C(=O)[C@H]([C@@H](C)OC)NC(=O)C([C@H](O)C(=O)NC(N)=O)NC(=O)CN(C)C1=O. The Morgan fingerprint density at radius 2 is 1.54 bits per heavy atom. The second-order valence-electron chi connectivity index (χ2n) is 17.7. The Bertz CT molecular complexity index is 2210. The van der Waals surface area contributed by atoms with E-state index in [1.807, 2.05) is 13.8 Å². The van der Waals surface area contributed by atoms with E-state index in [-0.39, 0.29) is 42.5 Å². The van der Waals surface area contributed by atoms with Crippen LogP contribution in [0.2, 0.25) is 0 Å². The topological polar surface area (TPSA) is 400 Å². The number of carbonyl (C=O) groups excluding carboxylic acids is 11. The lowest BCUT2D eigenvalue weighted by molar-refractivity contribution is -0.146. The number of rotatable bonds is 12. The van der Waals surface area contributed by atoms with Crippen LogP contribution in [-0.2, 0) is 59.1 Å². The van der Waals surface area contributed by atoms with Crippen molar-refractivity contribution < 1.29 is 72.8 Å². The first-order valence-electron chi connectivity index (χ1n) is 22.9. The van der Waals surface area contributed by atoms with Gasteiger partial charge in [-0.2, -0.15) is 0 Å². The van der Waals surface area contributed by atoms with Crippen molar-refractivity contribution >= 4 is 65.1 Å². The van der Waals surface area contributed by atoms with E-state index in [9.17, 15) is 68.1 Å². The van der Waals surface area contributed by atoms with Gasteiger partial charge in [-0.25, -0.2) is 4.79 Å². The highest BCUT2D eigenvalue weighted by Gasteiger charge is 2.45. The van der Waals surface area contributed by atoms with E-state index < -0.39 is 145 Å². The summed E-state index contributed by atoms with van der Waals surface area (Å²) in [4.78, 5) is 151. The molecule has 12 amide bonds. The molecule has 3 rings (SSSR count). The molecule has 0 aliphatic carbocycles. The molecule has 2 aliphatic rings. The molecule has 2 fully saturated rings. The third kappa shape index (κ3) is 16.5. The molecule has 2 saturated heterocycles. The molecule has 1 aromatic carbocycles. The number of phenols is 1. The fourth-order valence-corrected chi connectivity index (χ4v) is 7.78. The van der Waals surface area contributed by atoms with Crippen LogP contribution in [0.4, 0.5) is 4.79 Å². The number of fused-ring (bicyclic) bond motifs is 1. The molecular weight excluding hydrogens is 935 g/mol. The highest BCUT2D eigenvalue weighted by atomic mass is 16.5. The number of ether oxygens (including phenoxy) is 1. The molecule has 26 heteroatoms. The third-order valence-electron chi connectivity index (χ3n) is 12.2. The lowest BCUT2D eigenvalue weighted by Crippen LogP contribution is -2.64. The van der Waals surface area contributed by atoms with Gasteiger partial charge in [0, 0.05) is 27.1 Å². The van der Waals surface area contributed by atoms with Crippen molar-refractivity contribution in [3.05, 3.63) is 41.6 Å². The number of imide groups is 1. The first kappa shape index (κ1) is 58.1. The van der Waals surface area contributed by atoms with E-state index in [0.29, 0.717) is 12.8 Å². The molecule has 1 aromatic rings. The van der Waals surface area contributed by atoms with Gasteiger partial charge in [-0.3, -0.25) is 53.3 Å².